The van der Waals surface area contributed by atoms with Crippen LogP contribution in [-0.4, -0.2) is 44.8 Å². The third kappa shape index (κ3) is 3.10. The van der Waals surface area contributed by atoms with Crippen molar-refractivity contribution in [2.45, 2.75) is 19.8 Å². The largest absolute Gasteiger partial charge is 0.380 e. The molecule has 2 aromatic rings. The van der Waals surface area contributed by atoms with Gasteiger partial charge in [-0.05, 0) is 16.8 Å². The van der Waals surface area contributed by atoms with Gasteiger partial charge in [0.1, 0.15) is 5.82 Å². The summed E-state index contributed by atoms with van der Waals surface area (Å²) >= 11 is 0. The third-order valence-electron chi connectivity index (χ3n) is 2.30. The molecule has 0 bridgehead atoms. The average Bonchev–Trinajstić information content (AvgIpc) is 2.82. The molecule has 0 spiro atoms. The molecule has 17 heavy (non-hydrogen) atoms. The maximum absolute atomic E-state index is 5.45. The van der Waals surface area contributed by atoms with Crippen molar-refractivity contribution in [2.75, 3.05) is 25.1 Å². The van der Waals surface area contributed by atoms with Gasteiger partial charge in [-0.15, -0.1) is 5.10 Å². The zero-order valence-corrected chi connectivity index (χ0v) is 9.83. The monoisotopic (exact) mass is 236 g/mol. The highest BCUT2D eigenvalue weighted by molar-refractivity contribution is 5.43. The van der Waals surface area contributed by atoms with E-state index in [-0.39, 0.29) is 0 Å². The van der Waals surface area contributed by atoms with E-state index in [0.717, 1.165) is 25.3 Å². The zero-order chi connectivity index (χ0) is 11.9. The fourth-order valence-electron chi connectivity index (χ4n) is 1.40. The molecule has 1 N–H and O–H groups in total. The first-order chi connectivity index (χ1) is 8.42. The van der Waals surface area contributed by atoms with E-state index in [0.29, 0.717) is 18.8 Å². The van der Waals surface area contributed by atoms with Gasteiger partial charge in [-0.25, -0.2) is 0 Å². The summed E-state index contributed by atoms with van der Waals surface area (Å²) in [5.41, 5.74) is 0.627. The van der Waals surface area contributed by atoms with Gasteiger partial charge in [0.25, 0.3) is 0 Å². The molecule has 0 aliphatic rings. The predicted octanol–water partition coefficient (Wildman–Crippen LogP) is 0.748. The number of unbranched alkanes of at least 4 members (excludes halogenated alkanes) is 1. The molecule has 7 nitrogen and oxygen atoms in total. The number of fused-ring (bicyclic) bond motifs is 1. The van der Waals surface area contributed by atoms with Gasteiger partial charge in [-0.2, -0.15) is 4.52 Å². The Balaban J connectivity index is 1.80. The van der Waals surface area contributed by atoms with Crippen LogP contribution in [-0.2, 0) is 4.74 Å². The molecule has 2 rings (SSSR count). The van der Waals surface area contributed by atoms with Crippen molar-refractivity contribution in [3.05, 3.63) is 12.4 Å². The number of anilines is 1. The van der Waals surface area contributed by atoms with Crippen LogP contribution >= 0.6 is 0 Å². The van der Waals surface area contributed by atoms with Gasteiger partial charge in [-0.3, -0.25) is 4.98 Å². The number of nitrogens with one attached hydrogen (secondary N) is 1. The van der Waals surface area contributed by atoms with Crippen LogP contribution in [0.4, 0.5) is 5.82 Å². The quantitative estimate of drug-likeness (QED) is 0.715. The lowest BCUT2D eigenvalue weighted by molar-refractivity contribution is 0.141. The van der Waals surface area contributed by atoms with Crippen molar-refractivity contribution in [1.82, 2.24) is 25.0 Å². The van der Waals surface area contributed by atoms with Crippen LogP contribution in [0.2, 0.25) is 0 Å². The van der Waals surface area contributed by atoms with Gasteiger partial charge < -0.3 is 10.1 Å². The summed E-state index contributed by atoms with van der Waals surface area (Å²) in [6.07, 6.45) is 5.56. The number of hydrogen-bond acceptors (Lipinski definition) is 6. The molecule has 0 aromatic carbocycles. The second-order valence-electron chi connectivity index (χ2n) is 3.63. The Morgan fingerprint density at radius 2 is 2.29 bits per heavy atom. The number of hydrogen-bond donors (Lipinski definition) is 1. The van der Waals surface area contributed by atoms with Crippen molar-refractivity contribution in [3.63, 3.8) is 0 Å². The number of tetrazole rings is 1. The van der Waals surface area contributed by atoms with E-state index in [9.17, 15) is 0 Å². The Labute approximate surface area is 99.2 Å². The summed E-state index contributed by atoms with van der Waals surface area (Å²) in [6.45, 7) is 4.33. The summed E-state index contributed by atoms with van der Waals surface area (Å²) in [7, 11) is 0. The normalized spacial score (nSPS) is 10.9. The summed E-state index contributed by atoms with van der Waals surface area (Å²) in [4.78, 5) is 4.05. The Morgan fingerprint density at radius 1 is 1.35 bits per heavy atom. The molecule has 0 unspecified atom stereocenters. The van der Waals surface area contributed by atoms with E-state index in [1.807, 2.05) is 0 Å². The summed E-state index contributed by atoms with van der Waals surface area (Å²) in [6, 6.07) is 0. The maximum atomic E-state index is 5.45. The fourth-order valence-corrected chi connectivity index (χ4v) is 1.40. The minimum Gasteiger partial charge on any atom is -0.380 e. The van der Waals surface area contributed by atoms with Gasteiger partial charge in [-0.1, -0.05) is 13.3 Å². The number of ether oxygens (including phenoxy) is 1. The number of rotatable bonds is 7. The molecule has 2 heterocycles. The summed E-state index contributed by atoms with van der Waals surface area (Å²) in [5, 5.41) is 14.4. The highest BCUT2D eigenvalue weighted by atomic mass is 16.5. The van der Waals surface area contributed by atoms with Crippen molar-refractivity contribution in [2.24, 2.45) is 0 Å². The van der Waals surface area contributed by atoms with Gasteiger partial charge in [0.15, 0.2) is 5.65 Å². The summed E-state index contributed by atoms with van der Waals surface area (Å²) < 4.78 is 7.06. The van der Waals surface area contributed by atoms with Crippen LogP contribution in [0.25, 0.3) is 5.65 Å². The molecule has 0 atom stereocenters. The smallest absolute Gasteiger partial charge is 0.199 e. The van der Waals surface area contributed by atoms with Crippen LogP contribution in [0.3, 0.4) is 0 Å². The molecule has 0 aliphatic heterocycles. The number of nitrogens with zero attached hydrogens (tertiary/aromatic N) is 5. The highest BCUT2D eigenvalue weighted by Crippen LogP contribution is 2.04. The molecule has 0 saturated heterocycles. The molecule has 0 fully saturated rings. The average molecular weight is 236 g/mol. The van der Waals surface area contributed by atoms with Gasteiger partial charge >= 0.3 is 0 Å². The van der Waals surface area contributed by atoms with Crippen molar-refractivity contribution in [1.29, 1.82) is 0 Å². The predicted molar refractivity (Wildman–Crippen MR) is 62.8 cm³/mol. The third-order valence-corrected chi connectivity index (χ3v) is 2.30. The first kappa shape index (κ1) is 11.7. The fraction of sp³-hybridized carbons (Fsp3) is 0.600. The van der Waals surface area contributed by atoms with E-state index < -0.39 is 0 Å². The topological polar surface area (TPSA) is 77.2 Å². The molecule has 2 aromatic heterocycles. The molecular formula is C10H16N6O. The van der Waals surface area contributed by atoms with E-state index in [1.54, 1.807) is 16.9 Å². The van der Waals surface area contributed by atoms with E-state index in [4.69, 9.17) is 4.74 Å². The lowest BCUT2D eigenvalue weighted by atomic mass is 10.4. The van der Waals surface area contributed by atoms with Gasteiger partial charge in [0, 0.05) is 13.2 Å². The minimum absolute atomic E-state index is 0.627. The molecule has 0 radical (unpaired) electrons. The van der Waals surface area contributed by atoms with Crippen LogP contribution in [0.5, 0.6) is 0 Å². The molecule has 0 aliphatic carbocycles. The lowest BCUT2D eigenvalue weighted by Crippen LogP contribution is -2.12. The molecule has 0 amide bonds. The standard InChI is InChI=1S/C10H16N6O/c1-2-3-5-17-6-4-12-9-7-11-8-10-13-14-15-16(9)10/h7-8,12H,2-6H2,1H3. The molecular weight excluding hydrogens is 220 g/mol. The minimum atomic E-state index is 0.627. The Hall–Kier alpha value is -1.76. The van der Waals surface area contributed by atoms with Crippen LogP contribution < -0.4 is 5.32 Å². The lowest BCUT2D eigenvalue weighted by Gasteiger charge is -2.07. The molecule has 92 valence electrons. The van der Waals surface area contributed by atoms with Crippen molar-refractivity contribution >= 4 is 11.5 Å². The SMILES string of the molecule is CCCCOCCNc1cncc2nnnn12. The van der Waals surface area contributed by atoms with Crippen LogP contribution in [0.15, 0.2) is 12.4 Å². The summed E-state index contributed by atoms with van der Waals surface area (Å²) in [5.74, 6) is 0.770. The Kier molecular flexibility index (Phi) is 4.20. The zero-order valence-electron chi connectivity index (χ0n) is 9.83. The van der Waals surface area contributed by atoms with E-state index in [1.165, 1.54) is 0 Å². The molecule has 7 heteroatoms. The Morgan fingerprint density at radius 3 is 3.18 bits per heavy atom. The Bertz CT molecular complexity index is 457. The maximum Gasteiger partial charge on any atom is 0.199 e. The van der Waals surface area contributed by atoms with Crippen LogP contribution in [0.1, 0.15) is 19.8 Å². The molecule has 0 saturated carbocycles. The van der Waals surface area contributed by atoms with Gasteiger partial charge in [0.2, 0.25) is 0 Å². The second-order valence-corrected chi connectivity index (χ2v) is 3.63. The van der Waals surface area contributed by atoms with Crippen LogP contribution in [0, 0.1) is 0 Å². The second kappa shape index (κ2) is 6.09. The van der Waals surface area contributed by atoms with Crippen molar-refractivity contribution < 1.29 is 4.74 Å². The van der Waals surface area contributed by atoms with E-state index in [2.05, 4.69) is 32.7 Å². The van der Waals surface area contributed by atoms with E-state index >= 15 is 0 Å². The van der Waals surface area contributed by atoms with Crippen molar-refractivity contribution in [3.8, 4) is 0 Å². The van der Waals surface area contributed by atoms with Gasteiger partial charge in [0.05, 0.1) is 19.0 Å². The highest BCUT2D eigenvalue weighted by Gasteiger charge is 2.02. The first-order valence-corrected chi connectivity index (χ1v) is 5.75. The number of aromatic nitrogens is 5. The first-order valence-electron chi connectivity index (χ1n) is 5.75.